The largest absolute Gasteiger partial charge is 0.493 e. The predicted octanol–water partition coefficient (Wildman–Crippen LogP) is 2.34. The second kappa shape index (κ2) is 5.67. The second-order valence-electron chi connectivity index (χ2n) is 4.44. The van der Waals surface area contributed by atoms with E-state index in [9.17, 15) is 15.0 Å². The van der Waals surface area contributed by atoms with E-state index in [2.05, 4.69) is 0 Å². The number of rotatable bonds is 4. The molecular weight excluding hydrogens is 272 g/mol. The summed E-state index contributed by atoms with van der Waals surface area (Å²) in [4.78, 5) is 11.2. The first-order chi connectivity index (χ1) is 9.02. The van der Waals surface area contributed by atoms with Gasteiger partial charge in [-0.15, -0.1) is 0 Å². The normalized spacial score (nSPS) is 22.3. The molecule has 1 fully saturated rings. The number of methoxy groups -OCH3 is 1. The van der Waals surface area contributed by atoms with Gasteiger partial charge in [0.1, 0.15) is 11.7 Å². The van der Waals surface area contributed by atoms with E-state index in [1.54, 1.807) is 0 Å². The molecule has 6 heteroatoms. The molecule has 1 aliphatic rings. The Hall–Kier alpha value is -1.46. The van der Waals surface area contributed by atoms with E-state index in [-0.39, 0.29) is 22.1 Å². The number of hydrogen-bond donors (Lipinski definition) is 2. The smallest absolute Gasteiger partial charge is 0.339 e. The predicted molar refractivity (Wildman–Crippen MR) is 69.2 cm³/mol. The maximum atomic E-state index is 11.2. The molecule has 19 heavy (non-hydrogen) atoms. The fourth-order valence-corrected chi connectivity index (χ4v) is 2.40. The van der Waals surface area contributed by atoms with E-state index < -0.39 is 18.2 Å². The lowest BCUT2D eigenvalue weighted by molar-refractivity contribution is 0.0544. The van der Waals surface area contributed by atoms with Crippen LogP contribution in [0.25, 0.3) is 0 Å². The van der Waals surface area contributed by atoms with Crippen LogP contribution in [-0.2, 0) is 0 Å². The monoisotopic (exact) mass is 286 g/mol. The number of halogens is 1. The molecule has 1 aromatic carbocycles. The van der Waals surface area contributed by atoms with Gasteiger partial charge in [-0.3, -0.25) is 0 Å². The molecule has 0 amide bonds. The second-order valence-corrected chi connectivity index (χ2v) is 4.88. The number of carboxylic acids is 1. The van der Waals surface area contributed by atoms with Gasteiger partial charge in [0.05, 0.1) is 13.2 Å². The van der Waals surface area contributed by atoms with E-state index in [1.807, 2.05) is 0 Å². The number of aromatic carboxylic acids is 1. The Labute approximate surface area is 115 Å². The summed E-state index contributed by atoms with van der Waals surface area (Å²) in [5.74, 6) is -0.780. The number of benzene rings is 1. The fraction of sp³-hybridized carbons (Fsp3) is 0.462. The maximum Gasteiger partial charge on any atom is 0.339 e. The highest BCUT2D eigenvalue weighted by Crippen LogP contribution is 2.37. The highest BCUT2D eigenvalue weighted by atomic mass is 35.5. The highest BCUT2D eigenvalue weighted by molar-refractivity contribution is 6.31. The summed E-state index contributed by atoms with van der Waals surface area (Å²) in [7, 11) is 1.41. The van der Waals surface area contributed by atoms with Gasteiger partial charge in [0, 0.05) is 11.1 Å². The van der Waals surface area contributed by atoms with E-state index in [0.29, 0.717) is 12.8 Å². The Morgan fingerprint density at radius 1 is 1.42 bits per heavy atom. The third-order valence-corrected chi connectivity index (χ3v) is 3.38. The fourth-order valence-electron chi connectivity index (χ4n) is 2.20. The van der Waals surface area contributed by atoms with Gasteiger partial charge in [-0.05, 0) is 25.3 Å². The molecule has 2 N–H and O–H groups in total. The SMILES string of the molecule is COc1cc(Cl)cc(C(=O)O)c1OC1CCCC1O. The topological polar surface area (TPSA) is 76.0 Å². The van der Waals surface area contributed by atoms with Gasteiger partial charge in [-0.2, -0.15) is 0 Å². The molecule has 1 aliphatic carbocycles. The van der Waals surface area contributed by atoms with Crippen molar-refractivity contribution in [1.29, 1.82) is 0 Å². The number of carbonyl (C=O) groups is 1. The van der Waals surface area contributed by atoms with Crippen molar-refractivity contribution in [2.24, 2.45) is 0 Å². The molecule has 0 saturated heterocycles. The zero-order valence-electron chi connectivity index (χ0n) is 10.4. The van der Waals surface area contributed by atoms with E-state index >= 15 is 0 Å². The molecule has 0 aromatic heterocycles. The first-order valence-corrected chi connectivity index (χ1v) is 6.36. The Kier molecular flexibility index (Phi) is 4.17. The molecule has 0 aliphatic heterocycles. The zero-order chi connectivity index (χ0) is 14.0. The molecule has 2 atom stereocenters. The minimum absolute atomic E-state index is 0.0663. The molecule has 1 saturated carbocycles. The minimum atomic E-state index is -1.15. The van der Waals surface area contributed by atoms with Crippen molar-refractivity contribution in [2.75, 3.05) is 7.11 Å². The molecule has 2 rings (SSSR count). The Morgan fingerprint density at radius 2 is 2.16 bits per heavy atom. The van der Waals surface area contributed by atoms with Crippen LogP contribution in [0.2, 0.25) is 5.02 Å². The summed E-state index contributed by atoms with van der Waals surface area (Å²) >= 11 is 5.84. The average molecular weight is 287 g/mol. The van der Waals surface area contributed by atoms with E-state index in [0.717, 1.165) is 6.42 Å². The van der Waals surface area contributed by atoms with Crippen LogP contribution in [0.3, 0.4) is 0 Å². The summed E-state index contributed by atoms with van der Waals surface area (Å²) in [5.41, 5.74) is -0.0663. The lowest BCUT2D eigenvalue weighted by Crippen LogP contribution is -2.26. The molecule has 2 unspecified atom stereocenters. The van der Waals surface area contributed by atoms with Gasteiger partial charge in [0.25, 0.3) is 0 Å². The van der Waals surface area contributed by atoms with Gasteiger partial charge in [0.15, 0.2) is 11.5 Å². The van der Waals surface area contributed by atoms with Crippen molar-refractivity contribution in [2.45, 2.75) is 31.5 Å². The van der Waals surface area contributed by atoms with Crippen molar-refractivity contribution in [3.05, 3.63) is 22.7 Å². The molecule has 0 bridgehead atoms. The Bertz CT molecular complexity index is 488. The van der Waals surface area contributed by atoms with Crippen LogP contribution in [0.5, 0.6) is 11.5 Å². The van der Waals surface area contributed by atoms with Gasteiger partial charge >= 0.3 is 5.97 Å². The Morgan fingerprint density at radius 3 is 2.68 bits per heavy atom. The van der Waals surface area contributed by atoms with Crippen molar-refractivity contribution >= 4 is 17.6 Å². The quantitative estimate of drug-likeness (QED) is 0.888. The molecular formula is C13H15ClO5. The van der Waals surface area contributed by atoms with Crippen LogP contribution in [0.1, 0.15) is 29.6 Å². The highest BCUT2D eigenvalue weighted by Gasteiger charge is 2.30. The molecule has 0 heterocycles. The minimum Gasteiger partial charge on any atom is -0.493 e. The number of aliphatic hydroxyl groups excluding tert-OH is 1. The van der Waals surface area contributed by atoms with Gasteiger partial charge in [-0.1, -0.05) is 11.6 Å². The molecule has 1 aromatic rings. The number of carboxylic acid groups (broad SMARTS) is 1. The summed E-state index contributed by atoms with van der Waals surface area (Å²) < 4.78 is 10.8. The summed E-state index contributed by atoms with van der Waals surface area (Å²) in [6, 6.07) is 2.80. The van der Waals surface area contributed by atoms with Crippen molar-refractivity contribution in [1.82, 2.24) is 0 Å². The van der Waals surface area contributed by atoms with Crippen LogP contribution < -0.4 is 9.47 Å². The average Bonchev–Trinajstić information content (AvgIpc) is 2.76. The van der Waals surface area contributed by atoms with E-state index in [4.69, 9.17) is 21.1 Å². The number of aliphatic hydroxyl groups is 1. The molecule has 5 nitrogen and oxygen atoms in total. The molecule has 104 valence electrons. The van der Waals surface area contributed by atoms with Crippen LogP contribution in [0, 0.1) is 0 Å². The number of ether oxygens (including phenoxy) is 2. The Balaban J connectivity index is 2.38. The van der Waals surface area contributed by atoms with Crippen LogP contribution in [0.15, 0.2) is 12.1 Å². The van der Waals surface area contributed by atoms with Crippen molar-refractivity contribution in [3.63, 3.8) is 0 Å². The molecule has 0 radical (unpaired) electrons. The first kappa shape index (κ1) is 14.0. The van der Waals surface area contributed by atoms with Crippen LogP contribution in [0.4, 0.5) is 0 Å². The summed E-state index contributed by atoms with van der Waals surface area (Å²) in [6.07, 6.45) is 1.20. The van der Waals surface area contributed by atoms with Crippen LogP contribution in [-0.4, -0.2) is 35.5 Å². The zero-order valence-corrected chi connectivity index (χ0v) is 11.2. The standard InChI is InChI=1S/C13H15ClO5/c1-18-11-6-7(14)5-8(13(16)17)12(11)19-10-4-2-3-9(10)15/h5-6,9-10,15H,2-4H2,1H3,(H,16,17). The summed E-state index contributed by atoms with van der Waals surface area (Å²) in [5, 5.41) is 19.2. The molecule has 0 spiro atoms. The van der Waals surface area contributed by atoms with E-state index in [1.165, 1.54) is 19.2 Å². The third-order valence-electron chi connectivity index (χ3n) is 3.16. The summed E-state index contributed by atoms with van der Waals surface area (Å²) in [6.45, 7) is 0. The van der Waals surface area contributed by atoms with Gasteiger partial charge < -0.3 is 19.7 Å². The van der Waals surface area contributed by atoms with Gasteiger partial charge in [0.2, 0.25) is 0 Å². The van der Waals surface area contributed by atoms with Crippen LogP contribution >= 0.6 is 11.6 Å². The lowest BCUT2D eigenvalue weighted by Gasteiger charge is -2.20. The van der Waals surface area contributed by atoms with Crippen molar-refractivity contribution < 1.29 is 24.5 Å². The number of hydrogen-bond acceptors (Lipinski definition) is 4. The van der Waals surface area contributed by atoms with Gasteiger partial charge in [-0.25, -0.2) is 4.79 Å². The first-order valence-electron chi connectivity index (χ1n) is 5.98. The van der Waals surface area contributed by atoms with Crippen molar-refractivity contribution in [3.8, 4) is 11.5 Å². The lowest BCUT2D eigenvalue weighted by atomic mass is 10.1. The maximum absolute atomic E-state index is 11.2. The third kappa shape index (κ3) is 2.93.